The van der Waals surface area contributed by atoms with Gasteiger partial charge in [-0.05, 0) is 68.9 Å². The zero-order valence-corrected chi connectivity index (χ0v) is 22.3. The van der Waals surface area contributed by atoms with E-state index < -0.39 is 10.1 Å². The number of benzene rings is 2. The highest BCUT2D eigenvalue weighted by Gasteiger charge is 2.20. The van der Waals surface area contributed by atoms with Crippen molar-refractivity contribution in [3.05, 3.63) is 63.7 Å². The Morgan fingerprint density at radius 1 is 0.697 bits per heavy atom. The Morgan fingerprint density at radius 2 is 1.24 bits per heavy atom. The molecule has 0 saturated heterocycles. The molecule has 0 atom stereocenters. The maximum Gasteiger partial charge on any atom is 0.297 e. The van der Waals surface area contributed by atoms with Crippen molar-refractivity contribution in [3.8, 4) is 0 Å². The maximum absolute atomic E-state index is 12.8. The van der Waals surface area contributed by atoms with Crippen molar-refractivity contribution in [2.75, 3.05) is 6.61 Å². The van der Waals surface area contributed by atoms with Gasteiger partial charge >= 0.3 is 0 Å². The Balaban J connectivity index is 1.83. The highest BCUT2D eigenvalue weighted by Crippen LogP contribution is 2.26. The highest BCUT2D eigenvalue weighted by atomic mass is 32.2. The van der Waals surface area contributed by atoms with Gasteiger partial charge in [0.25, 0.3) is 10.1 Å². The van der Waals surface area contributed by atoms with Crippen LogP contribution in [0.3, 0.4) is 0 Å². The molecule has 0 bridgehead atoms. The molecule has 0 aromatic heterocycles. The van der Waals surface area contributed by atoms with Gasteiger partial charge in [-0.3, -0.25) is 4.18 Å². The summed E-state index contributed by atoms with van der Waals surface area (Å²) in [6.45, 7) is 10.6. The van der Waals surface area contributed by atoms with E-state index in [9.17, 15) is 8.42 Å². The second-order valence-corrected chi connectivity index (χ2v) is 11.2. The SMILES string of the molecule is CCCCCCCCCCCCOS(=O)(=O)c1ccc(Cc2cc(C)cc(C)c2)c(C)c1C. The molecule has 0 amide bonds. The Bertz CT molecular complexity index is 956. The first-order valence-electron chi connectivity index (χ1n) is 12.8. The summed E-state index contributed by atoms with van der Waals surface area (Å²) in [6.07, 6.45) is 13.0. The van der Waals surface area contributed by atoms with Gasteiger partial charge in [0.1, 0.15) is 0 Å². The molecule has 0 spiro atoms. The molecule has 2 aromatic carbocycles. The largest absolute Gasteiger partial charge is 0.297 e. The fourth-order valence-corrected chi connectivity index (χ4v) is 5.75. The molecule has 3 nitrogen and oxygen atoms in total. The van der Waals surface area contributed by atoms with E-state index in [1.165, 1.54) is 61.6 Å². The summed E-state index contributed by atoms with van der Waals surface area (Å²) in [4.78, 5) is 0.302. The predicted molar refractivity (Wildman–Crippen MR) is 140 cm³/mol. The minimum absolute atomic E-state index is 0.266. The Morgan fingerprint density at radius 3 is 1.82 bits per heavy atom. The fourth-order valence-electron chi connectivity index (χ4n) is 4.53. The standard InChI is InChI=1S/C29H44O3S/c1-6-7-8-9-10-11-12-13-14-15-18-32-33(30,31)29-17-16-28(25(4)26(29)5)22-27-20-23(2)19-24(3)21-27/h16-17,19-21H,6-15,18,22H2,1-5H3. The van der Waals surface area contributed by atoms with Crippen LogP contribution in [0.1, 0.15) is 105 Å². The molecule has 0 aliphatic carbocycles. The van der Waals surface area contributed by atoms with Crippen molar-refractivity contribution in [3.63, 3.8) is 0 Å². The van der Waals surface area contributed by atoms with Crippen LogP contribution >= 0.6 is 0 Å². The normalized spacial score (nSPS) is 11.8. The molecule has 0 heterocycles. The summed E-state index contributed by atoms with van der Waals surface area (Å²) in [5, 5.41) is 0. The van der Waals surface area contributed by atoms with Crippen LogP contribution in [0.25, 0.3) is 0 Å². The maximum atomic E-state index is 12.8. The molecular weight excluding hydrogens is 428 g/mol. The van der Waals surface area contributed by atoms with Gasteiger partial charge in [0, 0.05) is 0 Å². The monoisotopic (exact) mass is 472 g/mol. The average Bonchev–Trinajstić information content (AvgIpc) is 2.74. The van der Waals surface area contributed by atoms with Gasteiger partial charge in [-0.2, -0.15) is 8.42 Å². The molecule has 2 aromatic rings. The summed E-state index contributed by atoms with van der Waals surface area (Å²) in [6, 6.07) is 10.2. The van der Waals surface area contributed by atoms with E-state index in [0.29, 0.717) is 4.90 Å². The average molecular weight is 473 g/mol. The van der Waals surface area contributed by atoms with Crippen LogP contribution < -0.4 is 0 Å². The van der Waals surface area contributed by atoms with Crippen LogP contribution in [0.4, 0.5) is 0 Å². The second kappa shape index (κ2) is 13.9. The van der Waals surface area contributed by atoms with Gasteiger partial charge in [0.15, 0.2) is 0 Å². The number of unbranched alkanes of at least 4 members (excludes halogenated alkanes) is 9. The van der Waals surface area contributed by atoms with Crippen LogP contribution in [-0.2, 0) is 20.7 Å². The summed E-state index contributed by atoms with van der Waals surface area (Å²) in [5.41, 5.74) is 6.73. The molecule has 0 fully saturated rings. The van der Waals surface area contributed by atoms with E-state index in [1.807, 2.05) is 19.9 Å². The van der Waals surface area contributed by atoms with Crippen LogP contribution in [0.5, 0.6) is 0 Å². The van der Waals surface area contributed by atoms with Crippen LogP contribution in [0, 0.1) is 27.7 Å². The van der Waals surface area contributed by atoms with Gasteiger partial charge in [0.05, 0.1) is 11.5 Å². The summed E-state index contributed by atoms with van der Waals surface area (Å²) >= 11 is 0. The van der Waals surface area contributed by atoms with Crippen LogP contribution in [-0.4, -0.2) is 15.0 Å². The summed E-state index contributed by atoms with van der Waals surface area (Å²) in [7, 11) is -3.73. The number of hydrogen-bond donors (Lipinski definition) is 0. The lowest BCUT2D eigenvalue weighted by atomic mass is 9.95. The molecule has 2 rings (SSSR count). The first-order valence-corrected chi connectivity index (χ1v) is 14.2. The van der Waals surface area contributed by atoms with Crippen molar-refractivity contribution < 1.29 is 12.6 Å². The van der Waals surface area contributed by atoms with Gasteiger partial charge in [-0.1, -0.05) is 100 Å². The third kappa shape index (κ3) is 9.25. The molecule has 33 heavy (non-hydrogen) atoms. The molecule has 0 aliphatic rings. The van der Waals surface area contributed by atoms with Gasteiger partial charge in [0.2, 0.25) is 0 Å². The van der Waals surface area contributed by atoms with Crippen molar-refractivity contribution in [1.82, 2.24) is 0 Å². The smallest absolute Gasteiger partial charge is 0.266 e. The van der Waals surface area contributed by atoms with Crippen LogP contribution in [0.2, 0.25) is 0 Å². The number of rotatable bonds is 15. The van der Waals surface area contributed by atoms with Crippen molar-refractivity contribution >= 4 is 10.1 Å². The molecule has 0 saturated carbocycles. The van der Waals surface area contributed by atoms with Crippen molar-refractivity contribution in [2.24, 2.45) is 0 Å². The third-order valence-corrected chi connectivity index (χ3v) is 7.99. The zero-order chi connectivity index (χ0) is 24.3. The fraction of sp³-hybridized carbons (Fsp3) is 0.586. The van der Waals surface area contributed by atoms with E-state index in [1.54, 1.807) is 6.07 Å². The number of hydrogen-bond acceptors (Lipinski definition) is 3. The van der Waals surface area contributed by atoms with Crippen LogP contribution in [0.15, 0.2) is 35.2 Å². The lowest BCUT2D eigenvalue weighted by molar-refractivity contribution is 0.306. The van der Waals surface area contributed by atoms with E-state index in [2.05, 4.69) is 39.0 Å². The first-order chi connectivity index (χ1) is 15.7. The van der Waals surface area contributed by atoms with E-state index in [-0.39, 0.29) is 6.61 Å². The van der Waals surface area contributed by atoms with E-state index in [4.69, 9.17) is 4.18 Å². The van der Waals surface area contributed by atoms with E-state index >= 15 is 0 Å². The molecule has 0 aliphatic heterocycles. The van der Waals surface area contributed by atoms with Gasteiger partial charge in [-0.25, -0.2) is 0 Å². The lowest BCUT2D eigenvalue weighted by Gasteiger charge is -2.15. The van der Waals surface area contributed by atoms with Gasteiger partial charge in [-0.15, -0.1) is 0 Å². The summed E-state index contributed by atoms with van der Waals surface area (Å²) in [5.74, 6) is 0. The van der Waals surface area contributed by atoms with Crippen molar-refractivity contribution in [1.29, 1.82) is 0 Å². The Kier molecular flexibility index (Phi) is 11.6. The molecular formula is C29H44O3S. The lowest BCUT2D eigenvalue weighted by Crippen LogP contribution is -2.11. The second-order valence-electron chi connectivity index (χ2n) is 9.60. The minimum Gasteiger partial charge on any atom is -0.266 e. The zero-order valence-electron chi connectivity index (χ0n) is 21.5. The number of aryl methyl sites for hydroxylation is 2. The molecule has 0 radical (unpaired) electrons. The van der Waals surface area contributed by atoms with Gasteiger partial charge < -0.3 is 0 Å². The molecule has 0 unspecified atom stereocenters. The minimum atomic E-state index is -3.73. The molecule has 0 N–H and O–H groups in total. The highest BCUT2D eigenvalue weighted by molar-refractivity contribution is 7.86. The Labute approximate surface area is 203 Å². The van der Waals surface area contributed by atoms with Crippen molar-refractivity contribution in [2.45, 2.75) is 110 Å². The summed E-state index contributed by atoms with van der Waals surface area (Å²) < 4.78 is 31.0. The third-order valence-electron chi connectivity index (χ3n) is 6.53. The molecule has 4 heteroatoms. The first kappa shape index (κ1) is 27.6. The topological polar surface area (TPSA) is 43.4 Å². The molecule has 184 valence electrons. The van der Waals surface area contributed by atoms with E-state index in [0.717, 1.165) is 42.4 Å². The predicted octanol–water partition coefficient (Wildman–Crippen LogP) is 8.14. The Hall–Kier alpha value is -1.65. The quantitative estimate of drug-likeness (QED) is 0.194.